The van der Waals surface area contributed by atoms with Gasteiger partial charge in [0.1, 0.15) is 0 Å². The first-order valence-electron chi connectivity index (χ1n) is 9.86. The van der Waals surface area contributed by atoms with Crippen molar-refractivity contribution >= 4 is 32.4 Å². The minimum absolute atomic E-state index is 0.223. The summed E-state index contributed by atoms with van der Waals surface area (Å²) < 4.78 is 27.7. The SMILES string of the molecule is Cc1ccc(C(=O)Nc2nc3c(s2)CCCC3)cc1S(=O)(=O)N1CCCCC1. The van der Waals surface area contributed by atoms with Crippen molar-refractivity contribution in [2.24, 2.45) is 0 Å². The molecule has 0 saturated carbocycles. The molecule has 1 saturated heterocycles. The number of thiazole rings is 1. The van der Waals surface area contributed by atoms with Crippen molar-refractivity contribution in [3.8, 4) is 0 Å². The Morgan fingerprint density at radius 2 is 1.86 bits per heavy atom. The monoisotopic (exact) mass is 419 g/mol. The molecule has 28 heavy (non-hydrogen) atoms. The summed E-state index contributed by atoms with van der Waals surface area (Å²) in [6.07, 6.45) is 7.11. The Balaban J connectivity index is 1.57. The van der Waals surface area contributed by atoms with Crippen LogP contribution in [0.25, 0.3) is 0 Å². The number of sulfonamides is 1. The van der Waals surface area contributed by atoms with Crippen LogP contribution in [-0.2, 0) is 22.9 Å². The van der Waals surface area contributed by atoms with E-state index in [9.17, 15) is 13.2 Å². The molecular weight excluding hydrogens is 394 g/mol. The number of aryl methyl sites for hydroxylation is 3. The number of carbonyl (C=O) groups is 1. The van der Waals surface area contributed by atoms with Gasteiger partial charge >= 0.3 is 0 Å². The zero-order valence-electron chi connectivity index (χ0n) is 16.0. The molecule has 2 aromatic rings. The Labute approximate surface area is 170 Å². The fourth-order valence-corrected chi connectivity index (χ4v) is 6.65. The van der Waals surface area contributed by atoms with E-state index in [0.717, 1.165) is 50.6 Å². The largest absolute Gasteiger partial charge is 0.298 e. The number of piperidine rings is 1. The van der Waals surface area contributed by atoms with Gasteiger partial charge in [0.25, 0.3) is 5.91 Å². The summed E-state index contributed by atoms with van der Waals surface area (Å²) in [5.74, 6) is -0.318. The molecule has 2 heterocycles. The molecule has 6 nitrogen and oxygen atoms in total. The summed E-state index contributed by atoms with van der Waals surface area (Å²) in [6, 6.07) is 4.88. The maximum Gasteiger partial charge on any atom is 0.257 e. The van der Waals surface area contributed by atoms with Gasteiger partial charge in [0.15, 0.2) is 5.13 Å². The molecule has 1 amide bonds. The highest BCUT2D eigenvalue weighted by molar-refractivity contribution is 7.89. The lowest BCUT2D eigenvalue weighted by Crippen LogP contribution is -2.36. The van der Waals surface area contributed by atoms with E-state index in [-0.39, 0.29) is 10.8 Å². The van der Waals surface area contributed by atoms with E-state index < -0.39 is 10.0 Å². The van der Waals surface area contributed by atoms with Crippen LogP contribution < -0.4 is 5.32 Å². The van der Waals surface area contributed by atoms with Crippen LogP contribution in [0.4, 0.5) is 5.13 Å². The molecule has 1 N–H and O–H groups in total. The number of carbonyl (C=O) groups excluding carboxylic acids is 1. The third-order valence-corrected chi connectivity index (χ3v) is 8.56. The van der Waals surface area contributed by atoms with Crippen LogP contribution in [0.2, 0.25) is 0 Å². The molecule has 1 fully saturated rings. The van der Waals surface area contributed by atoms with E-state index in [4.69, 9.17) is 0 Å². The Bertz CT molecular complexity index is 969. The van der Waals surface area contributed by atoms with Crippen molar-refractivity contribution in [1.29, 1.82) is 0 Å². The van der Waals surface area contributed by atoms with Gasteiger partial charge in [0, 0.05) is 23.5 Å². The van der Waals surface area contributed by atoms with Crippen molar-refractivity contribution in [1.82, 2.24) is 9.29 Å². The van der Waals surface area contributed by atoms with Crippen molar-refractivity contribution in [2.75, 3.05) is 18.4 Å². The summed E-state index contributed by atoms with van der Waals surface area (Å²) in [4.78, 5) is 18.8. The Kier molecular flexibility index (Phi) is 5.53. The summed E-state index contributed by atoms with van der Waals surface area (Å²) in [5, 5.41) is 3.45. The maximum atomic E-state index is 13.1. The first-order valence-corrected chi connectivity index (χ1v) is 12.1. The number of hydrogen-bond acceptors (Lipinski definition) is 5. The number of benzene rings is 1. The minimum Gasteiger partial charge on any atom is -0.298 e. The molecule has 0 unspecified atom stereocenters. The highest BCUT2D eigenvalue weighted by Crippen LogP contribution is 2.30. The second kappa shape index (κ2) is 7.93. The lowest BCUT2D eigenvalue weighted by molar-refractivity contribution is 0.102. The predicted molar refractivity (Wildman–Crippen MR) is 110 cm³/mol. The summed E-state index contributed by atoms with van der Waals surface area (Å²) in [7, 11) is -3.58. The van der Waals surface area contributed by atoms with E-state index in [1.807, 2.05) is 0 Å². The van der Waals surface area contributed by atoms with Gasteiger partial charge in [-0.1, -0.05) is 12.5 Å². The smallest absolute Gasteiger partial charge is 0.257 e. The van der Waals surface area contributed by atoms with Crippen molar-refractivity contribution in [3.63, 3.8) is 0 Å². The molecule has 1 aromatic carbocycles. The quantitative estimate of drug-likeness (QED) is 0.818. The number of nitrogens with one attached hydrogen (secondary N) is 1. The average molecular weight is 420 g/mol. The average Bonchev–Trinajstić information content (AvgIpc) is 3.11. The molecule has 0 radical (unpaired) electrons. The molecule has 0 bridgehead atoms. The molecule has 2 aliphatic rings. The van der Waals surface area contributed by atoms with Crippen LogP contribution in [-0.4, -0.2) is 36.7 Å². The van der Waals surface area contributed by atoms with Crippen molar-refractivity contribution in [2.45, 2.75) is 56.8 Å². The van der Waals surface area contributed by atoms with Gasteiger partial charge in [-0.2, -0.15) is 4.31 Å². The first-order chi connectivity index (χ1) is 13.4. The van der Waals surface area contributed by atoms with Crippen LogP contribution in [0, 0.1) is 6.92 Å². The van der Waals surface area contributed by atoms with Crippen LogP contribution in [0.15, 0.2) is 23.1 Å². The van der Waals surface area contributed by atoms with Gasteiger partial charge in [-0.3, -0.25) is 10.1 Å². The van der Waals surface area contributed by atoms with Gasteiger partial charge in [0.05, 0.1) is 10.6 Å². The highest BCUT2D eigenvalue weighted by Gasteiger charge is 2.28. The second-order valence-corrected chi connectivity index (χ2v) is 10.5. The summed E-state index contributed by atoms with van der Waals surface area (Å²) in [6.45, 7) is 2.86. The van der Waals surface area contributed by atoms with E-state index in [0.29, 0.717) is 29.3 Å². The standard InChI is InChI=1S/C20H25N3O3S2/c1-14-9-10-15(13-18(14)28(25,26)23-11-5-2-6-12-23)19(24)22-20-21-16-7-3-4-8-17(16)27-20/h9-10,13H,2-8,11-12H2,1H3,(H,21,22,24). The zero-order chi connectivity index (χ0) is 19.7. The number of fused-ring (bicyclic) bond motifs is 1. The molecule has 1 aliphatic carbocycles. The number of hydrogen-bond donors (Lipinski definition) is 1. The molecule has 0 spiro atoms. The minimum atomic E-state index is -3.58. The van der Waals surface area contributed by atoms with Gasteiger partial charge in [-0.25, -0.2) is 13.4 Å². The Hall–Kier alpha value is -1.77. The normalized spacial score (nSPS) is 17.9. The lowest BCUT2D eigenvalue weighted by atomic mass is 10.0. The summed E-state index contributed by atoms with van der Waals surface area (Å²) >= 11 is 1.52. The molecule has 4 rings (SSSR count). The number of aromatic nitrogens is 1. The van der Waals surface area contributed by atoms with E-state index in [1.165, 1.54) is 26.6 Å². The molecule has 8 heteroatoms. The Morgan fingerprint density at radius 3 is 2.61 bits per heavy atom. The number of rotatable bonds is 4. The maximum absolute atomic E-state index is 13.1. The van der Waals surface area contributed by atoms with E-state index in [2.05, 4.69) is 10.3 Å². The Morgan fingerprint density at radius 1 is 1.11 bits per heavy atom. The van der Waals surface area contributed by atoms with Gasteiger partial charge in [0.2, 0.25) is 10.0 Å². The van der Waals surface area contributed by atoms with Crippen LogP contribution in [0.5, 0.6) is 0 Å². The molecular formula is C20H25N3O3S2. The van der Waals surface area contributed by atoms with Crippen molar-refractivity contribution < 1.29 is 13.2 Å². The van der Waals surface area contributed by atoms with Crippen LogP contribution in [0.1, 0.15) is 58.6 Å². The van der Waals surface area contributed by atoms with E-state index in [1.54, 1.807) is 19.1 Å². The van der Waals surface area contributed by atoms with Gasteiger partial charge in [-0.05, 0) is 63.1 Å². The highest BCUT2D eigenvalue weighted by atomic mass is 32.2. The molecule has 150 valence electrons. The molecule has 1 aromatic heterocycles. The second-order valence-electron chi connectivity index (χ2n) is 7.50. The number of anilines is 1. The zero-order valence-corrected chi connectivity index (χ0v) is 17.7. The van der Waals surface area contributed by atoms with Gasteiger partial charge < -0.3 is 0 Å². The third-order valence-electron chi connectivity index (χ3n) is 5.45. The van der Waals surface area contributed by atoms with Crippen LogP contribution >= 0.6 is 11.3 Å². The first kappa shape index (κ1) is 19.5. The van der Waals surface area contributed by atoms with E-state index >= 15 is 0 Å². The third kappa shape index (κ3) is 3.86. The molecule has 1 aliphatic heterocycles. The fraction of sp³-hybridized carbons (Fsp3) is 0.500. The fourth-order valence-electron chi connectivity index (χ4n) is 3.84. The topological polar surface area (TPSA) is 79.4 Å². The molecule has 0 atom stereocenters. The van der Waals surface area contributed by atoms with Gasteiger partial charge in [-0.15, -0.1) is 11.3 Å². The summed E-state index contributed by atoms with van der Waals surface area (Å²) in [5.41, 5.74) is 2.09. The number of nitrogens with zero attached hydrogens (tertiary/aromatic N) is 2. The van der Waals surface area contributed by atoms with Crippen molar-refractivity contribution in [3.05, 3.63) is 39.9 Å². The number of amides is 1. The lowest BCUT2D eigenvalue weighted by Gasteiger charge is -2.26. The predicted octanol–water partition coefficient (Wildman–Crippen LogP) is 3.76. The van der Waals surface area contributed by atoms with Crippen LogP contribution in [0.3, 0.4) is 0 Å².